The molecule has 3 rings (SSSR count). The van der Waals surface area contributed by atoms with Gasteiger partial charge in [0.1, 0.15) is 13.2 Å². The van der Waals surface area contributed by atoms with Gasteiger partial charge in [-0.2, -0.15) is 0 Å². The third-order valence-corrected chi connectivity index (χ3v) is 3.62. The van der Waals surface area contributed by atoms with Gasteiger partial charge in [0.15, 0.2) is 0 Å². The lowest BCUT2D eigenvalue weighted by molar-refractivity contribution is -0.143. The minimum atomic E-state index is -0.606. The molecule has 3 aromatic rings. The summed E-state index contributed by atoms with van der Waals surface area (Å²) >= 11 is 0. The van der Waals surface area contributed by atoms with Gasteiger partial charge in [-0.25, -0.2) is 4.68 Å². The molecule has 0 radical (unpaired) electrons. The average Bonchev–Trinajstić information content (AvgIpc) is 2.64. The van der Waals surface area contributed by atoms with E-state index in [1.165, 1.54) is 0 Å². The molecule has 126 valence electrons. The predicted octanol–water partition coefficient (Wildman–Crippen LogP) is 1.95. The standard InChI is InChI=1S/C19H16N2O4/c22-17(25-12-6-9-14-7-2-1-3-8-14)13-21-19(24)16-11-5-4-10-15(16)18(23)20-21/h1-11H,12-13H2,(H,20,23). The summed E-state index contributed by atoms with van der Waals surface area (Å²) in [5.74, 6) is -0.606. The molecule has 25 heavy (non-hydrogen) atoms. The van der Waals surface area contributed by atoms with E-state index in [-0.39, 0.29) is 18.5 Å². The monoisotopic (exact) mass is 336 g/mol. The summed E-state index contributed by atoms with van der Waals surface area (Å²) in [5, 5.41) is 2.96. The van der Waals surface area contributed by atoms with E-state index in [4.69, 9.17) is 4.74 Å². The molecule has 0 atom stereocenters. The number of fused-ring (bicyclic) bond motifs is 1. The lowest BCUT2D eigenvalue weighted by Crippen LogP contribution is -2.32. The van der Waals surface area contributed by atoms with Crippen LogP contribution in [-0.2, 0) is 16.1 Å². The number of esters is 1. The maximum atomic E-state index is 12.3. The number of hydrogen-bond donors (Lipinski definition) is 1. The molecule has 0 amide bonds. The van der Waals surface area contributed by atoms with Gasteiger partial charge in [0.2, 0.25) is 0 Å². The van der Waals surface area contributed by atoms with Gasteiger partial charge in [0.05, 0.1) is 10.8 Å². The Labute approximate surface area is 143 Å². The van der Waals surface area contributed by atoms with Crippen molar-refractivity contribution in [3.8, 4) is 0 Å². The van der Waals surface area contributed by atoms with Crippen LogP contribution in [0.15, 0.2) is 70.3 Å². The highest BCUT2D eigenvalue weighted by atomic mass is 16.5. The molecule has 0 saturated heterocycles. The number of H-pyrrole nitrogens is 1. The first-order valence-corrected chi connectivity index (χ1v) is 7.74. The Hall–Kier alpha value is -3.41. The van der Waals surface area contributed by atoms with Crippen molar-refractivity contribution in [2.75, 3.05) is 6.61 Å². The molecule has 0 spiro atoms. The van der Waals surface area contributed by atoms with Crippen LogP contribution in [0.1, 0.15) is 5.56 Å². The van der Waals surface area contributed by atoms with Crippen LogP contribution in [0.5, 0.6) is 0 Å². The number of ether oxygens (including phenoxy) is 1. The quantitative estimate of drug-likeness (QED) is 0.722. The molecule has 0 fully saturated rings. The van der Waals surface area contributed by atoms with Crippen molar-refractivity contribution >= 4 is 22.8 Å². The van der Waals surface area contributed by atoms with E-state index >= 15 is 0 Å². The normalized spacial score (nSPS) is 11.0. The van der Waals surface area contributed by atoms with Crippen LogP contribution in [0.2, 0.25) is 0 Å². The number of nitrogens with one attached hydrogen (secondary N) is 1. The summed E-state index contributed by atoms with van der Waals surface area (Å²) in [4.78, 5) is 36.2. The molecular weight excluding hydrogens is 320 g/mol. The first kappa shape index (κ1) is 16.4. The number of hydrogen-bond acceptors (Lipinski definition) is 4. The summed E-state index contributed by atoms with van der Waals surface area (Å²) in [6.07, 6.45) is 3.54. The number of nitrogens with zero attached hydrogens (tertiary/aromatic N) is 1. The molecule has 0 aliphatic carbocycles. The van der Waals surface area contributed by atoms with Crippen LogP contribution < -0.4 is 11.1 Å². The molecule has 0 unspecified atom stereocenters. The van der Waals surface area contributed by atoms with E-state index < -0.39 is 17.1 Å². The zero-order valence-corrected chi connectivity index (χ0v) is 13.3. The number of rotatable bonds is 5. The second kappa shape index (κ2) is 7.44. The third-order valence-electron chi connectivity index (χ3n) is 3.62. The van der Waals surface area contributed by atoms with Crippen LogP contribution in [0, 0.1) is 0 Å². The van der Waals surface area contributed by atoms with E-state index in [1.54, 1.807) is 30.3 Å². The van der Waals surface area contributed by atoms with Gasteiger partial charge < -0.3 is 4.74 Å². The van der Waals surface area contributed by atoms with E-state index in [9.17, 15) is 14.4 Å². The molecule has 2 aromatic carbocycles. The van der Waals surface area contributed by atoms with Crippen molar-refractivity contribution in [1.82, 2.24) is 9.78 Å². The summed E-state index contributed by atoms with van der Waals surface area (Å²) < 4.78 is 6.03. The minimum Gasteiger partial charge on any atom is -0.460 e. The van der Waals surface area contributed by atoms with Crippen molar-refractivity contribution in [2.45, 2.75) is 6.54 Å². The first-order valence-electron chi connectivity index (χ1n) is 7.74. The second-order valence-electron chi connectivity index (χ2n) is 5.37. The van der Waals surface area contributed by atoms with Gasteiger partial charge >= 0.3 is 5.97 Å². The van der Waals surface area contributed by atoms with Gasteiger partial charge in [0, 0.05) is 0 Å². The van der Waals surface area contributed by atoms with E-state index in [2.05, 4.69) is 5.10 Å². The maximum absolute atomic E-state index is 12.3. The molecule has 1 aromatic heterocycles. The number of aromatic amines is 1. The van der Waals surface area contributed by atoms with E-state index in [1.807, 2.05) is 36.4 Å². The van der Waals surface area contributed by atoms with Crippen molar-refractivity contribution in [1.29, 1.82) is 0 Å². The average molecular weight is 336 g/mol. The number of carbonyl (C=O) groups excluding carboxylic acids is 1. The molecule has 0 bridgehead atoms. The van der Waals surface area contributed by atoms with Crippen LogP contribution in [0.4, 0.5) is 0 Å². The summed E-state index contributed by atoms with van der Waals surface area (Å²) in [6.45, 7) is -0.265. The van der Waals surface area contributed by atoms with Crippen LogP contribution in [-0.4, -0.2) is 22.4 Å². The van der Waals surface area contributed by atoms with Crippen LogP contribution in [0.25, 0.3) is 16.8 Å². The predicted molar refractivity (Wildman–Crippen MR) is 95.3 cm³/mol. The van der Waals surface area contributed by atoms with Crippen molar-refractivity contribution in [2.24, 2.45) is 0 Å². The van der Waals surface area contributed by atoms with Gasteiger partial charge in [-0.3, -0.25) is 19.5 Å². The van der Waals surface area contributed by atoms with E-state index in [0.29, 0.717) is 5.39 Å². The Morgan fingerprint density at radius 1 is 1.00 bits per heavy atom. The SMILES string of the molecule is O=C(Cn1[nH]c(=O)c2ccccc2c1=O)OCC=Cc1ccccc1. The Bertz CT molecular complexity index is 1030. The Morgan fingerprint density at radius 3 is 2.44 bits per heavy atom. The lowest BCUT2D eigenvalue weighted by Gasteiger charge is -2.06. The second-order valence-corrected chi connectivity index (χ2v) is 5.37. The minimum absolute atomic E-state index is 0.0836. The molecule has 6 nitrogen and oxygen atoms in total. The summed E-state index contributed by atoms with van der Waals surface area (Å²) in [6, 6.07) is 16.1. The molecule has 1 N–H and O–H groups in total. The zero-order valence-electron chi connectivity index (χ0n) is 13.3. The number of carbonyl (C=O) groups is 1. The number of benzene rings is 2. The first-order chi connectivity index (χ1) is 12.1. The summed E-state index contributed by atoms with van der Waals surface area (Å²) in [7, 11) is 0. The van der Waals surface area contributed by atoms with Gasteiger partial charge in [-0.05, 0) is 23.8 Å². The van der Waals surface area contributed by atoms with Crippen LogP contribution >= 0.6 is 0 Å². The third kappa shape index (κ3) is 3.92. The number of aromatic nitrogens is 2. The molecular formula is C19H16N2O4. The Balaban J connectivity index is 1.66. The highest BCUT2D eigenvalue weighted by molar-refractivity contribution is 5.80. The highest BCUT2D eigenvalue weighted by Crippen LogP contribution is 2.03. The molecule has 0 aliphatic heterocycles. The van der Waals surface area contributed by atoms with Crippen molar-refractivity contribution in [3.05, 3.63) is 86.9 Å². The molecule has 0 saturated carbocycles. The topological polar surface area (TPSA) is 81.2 Å². The molecule has 0 aliphatic rings. The van der Waals surface area contributed by atoms with Gasteiger partial charge in [-0.1, -0.05) is 48.5 Å². The molecule has 1 heterocycles. The molecule has 6 heteroatoms. The highest BCUT2D eigenvalue weighted by Gasteiger charge is 2.10. The van der Waals surface area contributed by atoms with Crippen LogP contribution in [0.3, 0.4) is 0 Å². The lowest BCUT2D eigenvalue weighted by atomic mass is 10.2. The largest absolute Gasteiger partial charge is 0.460 e. The summed E-state index contributed by atoms with van der Waals surface area (Å²) in [5.41, 5.74) is 0.132. The fraction of sp³-hybridized carbons (Fsp3) is 0.105. The zero-order chi connectivity index (χ0) is 17.6. The smallest absolute Gasteiger partial charge is 0.328 e. The Kier molecular flexibility index (Phi) is 4.89. The van der Waals surface area contributed by atoms with Gasteiger partial charge in [0.25, 0.3) is 11.1 Å². The van der Waals surface area contributed by atoms with E-state index in [0.717, 1.165) is 10.2 Å². The fourth-order valence-corrected chi connectivity index (χ4v) is 2.42. The van der Waals surface area contributed by atoms with Crippen molar-refractivity contribution in [3.63, 3.8) is 0 Å². The van der Waals surface area contributed by atoms with Gasteiger partial charge in [-0.15, -0.1) is 0 Å². The maximum Gasteiger partial charge on any atom is 0.328 e. The Morgan fingerprint density at radius 2 is 1.68 bits per heavy atom. The van der Waals surface area contributed by atoms with Crippen molar-refractivity contribution < 1.29 is 9.53 Å². The fourth-order valence-electron chi connectivity index (χ4n) is 2.42.